The highest BCUT2D eigenvalue weighted by atomic mass is 15.1. The number of fused-ring (bicyclic) bond motifs is 3. The lowest BCUT2D eigenvalue weighted by molar-refractivity contribution is 1.15. The molecule has 0 heterocycles. The Bertz CT molecular complexity index is 1880. The highest BCUT2D eigenvalue weighted by molar-refractivity contribution is 5.99. The fourth-order valence-corrected chi connectivity index (χ4v) is 5.31. The molecular formula is C39H33N. The molecule has 194 valence electrons. The fraction of sp³-hybridized carbons (Fsp3) is 0.0769. The minimum atomic E-state index is 1.10. The molecule has 0 aliphatic rings. The Morgan fingerprint density at radius 2 is 1.02 bits per heavy atom. The van der Waals surface area contributed by atoms with Gasteiger partial charge in [0.15, 0.2) is 0 Å². The average molecular weight is 516 g/mol. The summed E-state index contributed by atoms with van der Waals surface area (Å²) in [5.41, 5.74) is 6.21. The molecule has 0 N–H and O–H groups in total. The fourth-order valence-electron chi connectivity index (χ4n) is 5.31. The van der Waals surface area contributed by atoms with Crippen LogP contribution in [0, 0.1) is 6.92 Å². The summed E-state index contributed by atoms with van der Waals surface area (Å²) in [7, 11) is 0. The minimum absolute atomic E-state index is 1.10. The molecule has 0 amide bonds. The van der Waals surface area contributed by atoms with Crippen LogP contribution in [0.1, 0.15) is 18.1 Å². The lowest BCUT2D eigenvalue weighted by Gasteiger charge is -2.26. The molecule has 7 aromatic carbocycles. The number of nitrogens with zero attached hydrogens (tertiary/aromatic N) is 1. The van der Waals surface area contributed by atoms with E-state index in [-0.39, 0.29) is 0 Å². The van der Waals surface area contributed by atoms with E-state index in [9.17, 15) is 0 Å². The maximum atomic E-state index is 2.32. The largest absolute Gasteiger partial charge is 0.310 e. The van der Waals surface area contributed by atoms with Gasteiger partial charge in [-0.05, 0) is 88.3 Å². The molecule has 0 atom stereocenters. The van der Waals surface area contributed by atoms with Gasteiger partial charge >= 0.3 is 0 Å². The number of hydrogen-bond acceptors (Lipinski definition) is 1. The lowest BCUT2D eigenvalue weighted by Crippen LogP contribution is -2.10. The molecule has 0 unspecified atom stereocenters. The van der Waals surface area contributed by atoms with E-state index in [1.54, 1.807) is 0 Å². The first-order chi connectivity index (χ1) is 19.7. The van der Waals surface area contributed by atoms with Crippen molar-refractivity contribution in [2.75, 3.05) is 4.90 Å². The zero-order valence-corrected chi connectivity index (χ0v) is 23.1. The Hall–Kier alpha value is -4.88. The summed E-state index contributed by atoms with van der Waals surface area (Å²) < 4.78 is 0. The third-order valence-corrected chi connectivity index (χ3v) is 7.49. The van der Waals surface area contributed by atoms with Gasteiger partial charge in [-0.1, -0.05) is 122 Å². The van der Waals surface area contributed by atoms with E-state index in [1.807, 2.05) is 0 Å². The molecule has 0 aliphatic carbocycles. The highest BCUT2D eigenvalue weighted by Crippen LogP contribution is 2.38. The molecule has 0 spiro atoms. The molecule has 0 saturated heterocycles. The van der Waals surface area contributed by atoms with Crippen LogP contribution in [0.5, 0.6) is 0 Å². The second-order valence-corrected chi connectivity index (χ2v) is 10.2. The van der Waals surface area contributed by atoms with Gasteiger partial charge in [0.05, 0.1) is 5.69 Å². The number of hydrogen-bond donors (Lipinski definition) is 0. The second-order valence-electron chi connectivity index (χ2n) is 10.2. The number of para-hydroxylation sites is 1. The third kappa shape index (κ3) is 5.32. The van der Waals surface area contributed by atoms with Crippen LogP contribution in [0.25, 0.3) is 32.3 Å². The predicted octanol–water partition coefficient (Wildman–Crippen LogP) is 11.2. The predicted molar refractivity (Wildman–Crippen MR) is 174 cm³/mol. The molecule has 7 aromatic rings. The summed E-state index contributed by atoms with van der Waals surface area (Å²) in [6.07, 6.45) is 1.10. The van der Waals surface area contributed by atoms with Crippen molar-refractivity contribution in [1.82, 2.24) is 0 Å². The van der Waals surface area contributed by atoms with Gasteiger partial charge in [-0.15, -0.1) is 0 Å². The van der Waals surface area contributed by atoms with Crippen LogP contribution in [-0.2, 0) is 6.42 Å². The normalized spacial score (nSPS) is 10.8. The molecule has 1 heteroatoms. The number of benzene rings is 7. The first kappa shape index (κ1) is 25.4. The van der Waals surface area contributed by atoms with Crippen LogP contribution in [0.2, 0.25) is 0 Å². The van der Waals surface area contributed by atoms with Crippen LogP contribution >= 0.6 is 0 Å². The number of rotatable bonds is 4. The second kappa shape index (κ2) is 11.5. The summed E-state index contributed by atoms with van der Waals surface area (Å²) in [5, 5.41) is 7.82. The maximum absolute atomic E-state index is 2.32. The molecule has 40 heavy (non-hydrogen) atoms. The Balaban J connectivity index is 0.000000157. The van der Waals surface area contributed by atoms with Crippen molar-refractivity contribution in [2.24, 2.45) is 0 Å². The van der Waals surface area contributed by atoms with E-state index in [0.717, 1.165) is 12.1 Å². The lowest BCUT2D eigenvalue weighted by atomic mass is 10.0. The topological polar surface area (TPSA) is 3.24 Å². The van der Waals surface area contributed by atoms with Crippen molar-refractivity contribution in [3.05, 3.63) is 163 Å². The number of aryl methyl sites for hydroxylation is 2. The summed E-state index contributed by atoms with van der Waals surface area (Å²) in [6, 6.07) is 54.1. The molecule has 0 aromatic heterocycles. The highest BCUT2D eigenvalue weighted by Gasteiger charge is 2.14. The Kier molecular flexibility index (Phi) is 7.28. The van der Waals surface area contributed by atoms with Crippen molar-refractivity contribution in [2.45, 2.75) is 20.3 Å². The first-order valence-corrected chi connectivity index (χ1v) is 14.0. The van der Waals surface area contributed by atoms with Gasteiger partial charge in [-0.2, -0.15) is 0 Å². The van der Waals surface area contributed by atoms with Gasteiger partial charge in [0.25, 0.3) is 0 Å². The van der Waals surface area contributed by atoms with Crippen LogP contribution in [0.15, 0.2) is 152 Å². The minimum Gasteiger partial charge on any atom is -0.310 e. The smallest absolute Gasteiger partial charge is 0.0540 e. The zero-order valence-electron chi connectivity index (χ0n) is 23.1. The van der Waals surface area contributed by atoms with E-state index in [1.165, 1.54) is 54.8 Å². The van der Waals surface area contributed by atoms with E-state index < -0.39 is 0 Å². The Morgan fingerprint density at radius 3 is 1.75 bits per heavy atom. The third-order valence-electron chi connectivity index (χ3n) is 7.49. The molecule has 0 bridgehead atoms. The van der Waals surface area contributed by atoms with Gasteiger partial charge < -0.3 is 4.90 Å². The molecule has 0 radical (unpaired) electrons. The standard InChI is InChI=1S/C23H19N.C16H14/c1-18-14-16-21(17-15-18)24(20-10-3-2-4-11-20)23-13-7-9-19-8-5-6-12-22(19)23;1-2-12-7-8-15-10-13-5-3-4-6-14(13)11-16(15)9-12/h2-17H,1H3;3-11H,2H2,1H3. The summed E-state index contributed by atoms with van der Waals surface area (Å²) in [4.78, 5) is 2.32. The summed E-state index contributed by atoms with van der Waals surface area (Å²) in [5.74, 6) is 0. The van der Waals surface area contributed by atoms with Crippen molar-refractivity contribution in [3.8, 4) is 0 Å². The van der Waals surface area contributed by atoms with Gasteiger partial charge in [-0.3, -0.25) is 0 Å². The molecule has 0 saturated carbocycles. The summed E-state index contributed by atoms with van der Waals surface area (Å²) in [6.45, 7) is 4.32. The van der Waals surface area contributed by atoms with Crippen LogP contribution < -0.4 is 4.90 Å². The number of anilines is 3. The van der Waals surface area contributed by atoms with Crippen LogP contribution in [-0.4, -0.2) is 0 Å². The molecule has 7 rings (SSSR count). The zero-order chi connectivity index (χ0) is 27.3. The SMILES string of the molecule is CCc1ccc2cc3ccccc3cc2c1.Cc1ccc(N(c2ccccc2)c2cccc3ccccc23)cc1. The van der Waals surface area contributed by atoms with E-state index in [4.69, 9.17) is 0 Å². The molecular weight excluding hydrogens is 482 g/mol. The monoisotopic (exact) mass is 515 g/mol. The quantitative estimate of drug-likeness (QED) is 0.211. The van der Waals surface area contributed by atoms with Crippen LogP contribution in [0.4, 0.5) is 17.1 Å². The van der Waals surface area contributed by atoms with E-state index >= 15 is 0 Å². The first-order valence-electron chi connectivity index (χ1n) is 14.0. The van der Waals surface area contributed by atoms with Gasteiger partial charge in [0.1, 0.15) is 0 Å². The molecule has 0 fully saturated rings. The van der Waals surface area contributed by atoms with Gasteiger partial charge in [0.2, 0.25) is 0 Å². The van der Waals surface area contributed by atoms with Crippen molar-refractivity contribution in [3.63, 3.8) is 0 Å². The van der Waals surface area contributed by atoms with E-state index in [2.05, 4.69) is 170 Å². The van der Waals surface area contributed by atoms with Crippen molar-refractivity contribution in [1.29, 1.82) is 0 Å². The van der Waals surface area contributed by atoms with Crippen LogP contribution in [0.3, 0.4) is 0 Å². The molecule has 1 nitrogen and oxygen atoms in total. The van der Waals surface area contributed by atoms with Crippen molar-refractivity contribution < 1.29 is 0 Å². The van der Waals surface area contributed by atoms with Gasteiger partial charge in [-0.25, -0.2) is 0 Å². The van der Waals surface area contributed by atoms with Gasteiger partial charge in [0, 0.05) is 16.8 Å². The average Bonchev–Trinajstić information content (AvgIpc) is 3.02. The van der Waals surface area contributed by atoms with Crippen molar-refractivity contribution >= 4 is 49.4 Å². The van der Waals surface area contributed by atoms with E-state index in [0.29, 0.717) is 0 Å². The Morgan fingerprint density at radius 1 is 0.450 bits per heavy atom. The molecule has 0 aliphatic heterocycles. The summed E-state index contributed by atoms with van der Waals surface area (Å²) >= 11 is 0. The Labute approximate surface area is 237 Å². The maximum Gasteiger partial charge on any atom is 0.0540 e.